The zero-order valence-corrected chi connectivity index (χ0v) is 21.6. The highest BCUT2D eigenvalue weighted by molar-refractivity contribution is 5.99. The maximum absolute atomic E-state index is 13.3. The van der Waals surface area contributed by atoms with Gasteiger partial charge in [0.05, 0.1) is 13.2 Å². The predicted octanol–water partition coefficient (Wildman–Crippen LogP) is 6.32. The molecule has 1 fully saturated rings. The van der Waals surface area contributed by atoms with E-state index in [0.29, 0.717) is 42.7 Å². The van der Waals surface area contributed by atoms with Crippen molar-refractivity contribution in [3.8, 4) is 11.5 Å². The summed E-state index contributed by atoms with van der Waals surface area (Å²) in [6.45, 7) is 6.26. The van der Waals surface area contributed by atoms with E-state index in [1.165, 1.54) is 25.3 Å². The Kier molecular flexibility index (Phi) is 10.6. The molecule has 5 heteroatoms. The lowest BCUT2D eigenvalue weighted by Crippen LogP contribution is -2.38. The summed E-state index contributed by atoms with van der Waals surface area (Å²) >= 11 is 0. The number of benzene rings is 2. The third kappa shape index (κ3) is 8.12. The van der Waals surface area contributed by atoms with Gasteiger partial charge in [0.15, 0.2) is 5.78 Å². The van der Waals surface area contributed by atoms with Gasteiger partial charge in [0.2, 0.25) is 5.91 Å². The number of hydrogen-bond donors (Lipinski definition) is 1. The first-order chi connectivity index (χ1) is 17.0. The molecule has 1 atom stereocenters. The molecule has 190 valence electrons. The van der Waals surface area contributed by atoms with E-state index in [0.717, 1.165) is 44.1 Å². The summed E-state index contributed by atoms with van der Waals surface area (Å²) < 4.78 is 11.6. The molecule has 0 aliphatic heterocycles. The van der Waals surface area contributed by atoms with Crippen LogP contribution in [0, 0.1) is 5.92 Å². The van der Waals surface area contributed by atoms with Crippen LogP contribution < -0.4 is 14.8 Å². The van der Waals surface area contributed by atoms with Crippen molar-refractivity contribution in [2.45, 2.75) is 84.6 Å². The Bertz CT molecular complexity index is 923. The van der Waals surface area contributed by atoms with E-state index >= 15 is 0 Å². The first-order valence-corrected chi connectivity index (χ1v) is 13.3. The summed E-state index contributed by atoms with van der Waals surface area (Å²) in [5.41, 5.74) is 2.78. The number of Topliss-reactive ketones (excluding diaryl/α,β-unsaturated/α-hetero) is 1. The van der Waals surface area contributed by atoms with E-state index in [2.05, 4.69) is 29.6 Å². The smallest absolute Gasteiger partial charge is 0.223 e. The van der Waals surface area contributed by atoms with Crippen molar-refractivity contribution in [2.75, 3.05) is 13.2 Å². The van der Waals surface area contributed by atoms with Crippen molar-refractivity contribution in [1.29, 1.82) is 0 Å². The van der Waals surface area contributed by atoms with E-state index in [-0.39, 0.29) is 17.6 Å². The van der Waals surface area contributed by atoms with Gasteiger partial charge >= 0.3 is 0 Å². The number of aryl methyl sites for hydroxylation is 1. The molecule has 0 bridgehead atoms. The van der Waals surface area contributed by atoms with Gasteiger partial charge in [-0.15, -0.1) is 0 Å². The Morgan fingerprint density at radius 3 is 2.14 bits per heavy atom. The summed E-state index contributed by atoms with van der Waals surface area (Å²) in [5.74, 6) is 1.02. The lowest BCUT2D eigenvalue weighted by atomic mass is 9.91. The van der Waals surface area contributed by atoms with Crippen LogP contribution in [0.3, 0.4) is 0 Å². The Morgan fingerprint density at radius 1 is 0.943 bits per heavy atom. The average Bonchev–Trinajstić information content (AvgIpc) is 3.35. The summed E-state index contributed by atoms with van der Waals surface area (Å²) in [6.07, 6.45) is 9.01. The fourth-order valence-corrected chi connectivity index (χ4v) is 5.01. The molecular formula is C30H41NO4. The molecule has 0 radical (unpaired) electrons. The van der Waals surface area contributed by atoms with Crippen molar-refractivity contribution in [1.82, 2.24) is 5.32 Å². The topological polar surface area (TPSA) is 64.6 Å². The molecule has 5 nitrogen and oxygen atoms in total. The van der Waals surface area contributed by atoms with Crippen LogP contribution in [0.25, 0.3) is 0 Å². The van der Waals surface area contributed by atoms with Gasteiger partial charge in [-0.25, -0.2) is 0 Å². The zero-order valence-electron chi connectivity index (χ0n) is 21.6. The van der Waals surface area contributed by atoms with Gasteiger partial charge in [0, 0.05) is 12.0 Å². The van der Waals surface area contributed by atoms with Gasteiger partial charge < -0.3 is 14.8 Å². The van der Waals surface area contributed by atoms with Crippen LogP contribution in [0.1, 0.15) is 87.2 Å². The number of carbonyl (C=O) groups is 2. The first kappa shape index (κ1) is 26.8. The van der Waals surface area contributed by atoms with Crippen molar-refractivity contribution in [3.63, 3.8) is 0 Å². The fourth-order valence-electron chi connectivity index (χ4n) is 5.01. The third-order valence-electron chi connectivity index (χ3n) is 6.74. The van der Waals surface area contributed by atoms with Gasteiger partial charge in [0.25, 0.3) is 0 Å². The van der Waals surface area contributed by atoms with Crippen LogP contribution in [-0.4, -0.2) is 30.9 Å². The number of ether oxygens (including phenoxy) is 2. The molecule has 0 spiro atoms. The minimum atomic E-state index is -0.126. The van der Waals surface area contributed by atoms with E-state index < -0.39 is 0 Å². The Labute approximate surface area is 210 Å². The van der Waals surface area contributed by atoms with Crippen molar-refractivity contribution < 1.29 is 19.1 Å². The fraction of sp³-hybridized carbons (Fsp3) is 0.533. The van der Waals surface area contributed by atoms with Gasteiger partial charge in [-0.3, -0.25) is 9.59 Å². The van der Waals surface area contributed by atoms with Gasteiger partial charge in [0.1, 0.15) is 17.1 Å². The number of rotatable bonds is 14. The lowest BCUT2D eigenvalue weighted by molar-refractivity contribution is -0.125. The van der Waals surface area contributed by atoms with E-state index in [1.54, 1.807) is 0 Å². The molecule has 1 amide bonds. The maximum atomic E-state index is 13.3. The molecule has 1 saturated carbocycles. The standard InChI is InChI=1S/C30H41NO4/c1-4-34-27-20-24(21-28(35-5-2)29(27)22(3)32)19-25(30(33)31-26-17-11-12-18-26)16-10-9-15-23-13-7-6-8-14-23/h6-8,13-14,20-21,25-26H,4-5,9-12,15-19H2,1-3H3,(H,31,33). The Balaban J connectivity index is 1.76. The highest BCUT2D eigenvalue weighted by Crippen LogP contribution is 2.33. The van der Waals surface area contributed by atoms with E-state index in [9.17, 15) is 9.59 Å². The van der Waals surface area contributed by atoms with Gasteiger partial charge in [-0.2, -0.15) is 0 Å². The van der Waals surface area contributed by atoms with Crippen LogP contribution in [0.15, 0.2) is 42.5 Å². The molecule has 1 N–H and O–H groups in total. The Hall–Kier alpha value is -2.82. The molecule has 0 saturated heterocycles. The molecule has 1 aliphatic rings. The SMILES string of the molecule is CCOc1cc(CC(CCCCc2ccccc2)C(=O)NC2CCCC2)cc(OCC)c1C(C)=O. The minimum absolute atomic E-state index is 0.0834. The molecule has 1 unspecified atom stereocenters. The molecular weight excluding hydrogens is 438 g/mol. The second-order valence-electron chi connectivity index (χ2n) is 9.51. The minimum Gasteiger partial charge on any atom is -0.493 e. The number of hydrogen-bond acceptors (Lipinski definition) is 4. The first-order valence-electron chi connectivity index (χ1n) is 13.3. The highest BCUT2D eigenvalue weighted by Gasteiger charge is 2.25. The Morgan fingerprint density at radius 2 is 1.57 bits per heavy atom. The highest BCUT2D eigenvalue weighted by atomic mass is 16.5. The molecule has 2 aromatic rings. The summed E-state index contributed by atoms with van der Waals surface area (Å²) in [6, 6.07) is 14.6. The monoisotopic (exact) mass is 479 g/mol. The number of amides is 1. The summed E-state index contributed by atoms with van der Waals surface area (Å²) in [5, 5.41) is 3.31. The van der Waals surface area contributed by atoms with Crippen LogP contribution in [-0.2, 0) is 17.6 Å². The average molecular weight is 480 g/mol. The lowest BCUT2D eigenvalue weighted by Gasteiger charge is -2.22. The molecule has 2 aromatic carbocycles. The van der Waals surface area contributed by atoms with Crippen LogP contribution in [0.5, 0.6) is 11.5 Å². The van der Waals surface area contributed by atoms with Crippen LogP contribution >= 0.6 is 0 Å². The second-order valence-corrected chi connectivity index (χ2v) is 9.51. The molecule has 0 aromatic heterocycles. The van der Waals surface area contributed by atoms with Crippen LogP contribution in [0.2, 0.25) is 0 Å². The van der Waals surface area contributed by atoms with Crippen molar-refractivity contribution in [2.24, 2.45) is 5.92 Å². The summed E-state index contributed by atoms with van der Waals surface area (Å²) in [7, 11) is 0. The second kappa shape index (κ2) is 13.9. The van der Waals surface area contributed by atoms with E-state index in [4.69, 9.17) is 9.47 Å². The molecule has 0 heterocycles. The molecule has 35 heavy (non-hydrogen) atoms. The quantitative estimate of drug-likeness (QED) is 0.254. The van der Waals surface area contributed by atoms with Gasteiger partial charge in [-0.1, -0.05) is 49.6 Å². The number of nitrogens with one attached hydrogen (secondary N) is 1. The number of ketones is 1. The van der Waals surface area contributed by atoms with Crippen molar-refractivity contribution >= 4 is 11.7 Å². The number of unbranched alkanes of at least 4 members (excludes halogenated alkanes) is 1. The zero-order chi connectivity index (χ0) is 25.0. The molecule has 1 aliphatic carbocycles. The summed E-state index contributed by atoms with van der Waals surface area (Å²) in [4.78, 5) is 25.7. The normalized spacial score (nSPS) is 14.5. The number of carbonyl (C=O) groups excluding carboxylic acids is 2. The largest absolute Gasteiger partial charge is 0.493 e. The third-order valence-corrected chi connectivity index (χ3v) is 6.74. The molecule has 3 rings (SSSR count). The maximum Gasteiger partial charge on any atom is 0.223 e. The predicted molar refractivity (Wildman–Crippen MR) is 140 cm³/mol. The van der Waals surface area contributed by atoms with Crippen LogP contribution in [0.4, 0.5) is 0 Å². The van der Waals surface area contributed by atoms with Crippen molar-refractivity contribution in [3.05, 3.63) is 59.2 Å². The van der Waals surface area contributed by atoms with E-state index in [1.807, 2.05) is 32.0 Å². The van der Waals surface area contributed by atoms with Gasteiger partial charge in [-0.05, 0) is 82.6 Å².